The quantitative estimate of drug-likeness (QED) is 0.824. The van der Waals surface area contributed by atoms with Crippen LogP contribution in [0.2, 0.25) is 0 Å². The fourth-order valence-electron chi connectivity index (χ4n) is 0.751. The summed E-state index contributed by atoms with van der Waals surface area (Å²) < 4.78 is 1.19. The number of hydrogen-bond acceptors (Lipinski definition) is 2. The van der Waals surface area contributed by atoms with E-state index in [1.54, 1.807) is 12.1 Å². The summed E-state index contributed by atoms with van der Waals surface area (Å²) in [6.45, 7) is 7.59. The van der Waals surface area contributed by atoms with E-state index in [1.165, 1.54) is 0 Å². The molecule has 1 rings (SSSR count). The molecule has 0 bridgehead atoms. The van der Waals surface area contributed by atoms with Gasteiger partial charge in [0, 0.05) is 5.70 Å². The van der Waals surface area contributed by atoms with Gasteiger partial charge in [-0.05, 0) is 49.6 Å². The summed E-state index contributed by atoms with van der Waals surface area (Å²) in [7, 11) is 0. The maximum atomic E-state index is 9.35. The summed E-state index contributed by atoms with van der Waals surface area (Å²) in [4.78, 5) is 0. The van der Waals surface area contributed by atoms with Gasteiger partial charge >= 0.3 is 0 Å². The highest BCUT2D eigenvalue weighted by atomic mass is 79.9. The van der Waals surface area contributed by atoms with Crippen LogP contribution in [0.25, 0.3) is 5.70 Å². The van der Waals surface area contributed by atoms with Gasteiger partial charge in [-0.1, -0.05) is 20.4 Å². The van der Waals surface area contributed by atoms with Crippen LogP contribution >= 0.6 is 31.9 Å². The molecule has 0 aliphatic heterocycles. The largest absolute Gasteiger partial charge is 0.506 e. The normalized spacial score (nSPS) is 8.86. The average molecular weight is 323 g/mol. The average Bonchev–Trinajstić information content (AvgIpc) is 2.16. The van der Waals surface area contributed by atoms with Crippen molar-refractivity contribution in [1.29, 1.82) is 0 Å². The third-order valence-electron chi connectivity index (χ3n) is 1.39. The first-order valence-electron chi connectivity index (χ1n) is 4.15. The molecule has 0 atom stereocenters. The molecule has 0 fully saturated rings. The lowest BCUT2D eigenvalue weighted by atomic mass is 10.2. The smallest absolute Gasteiger partial charge is 0.143 e. The molecule has 14 heavy (non-hydrogen) atoms. The van der Waals surface area contributed by atoms with E-state index in [2.05, 4.69) is 38.4 Å². The molecule has 0 aromatic heterocycles. The Labute approximate surface area is 101 Å². The predicted octanol–water partition coefficient (Wildman–Crippen LogP) is 3.87. The summed E-state index contributed by atoms with van der Waals surface area (Å²) >= 11 is 6.38. The van der Waals surface area contributed by atoms with Crippen LogP contribution in [0.15, 0.2) is 27.7 Å². The molecule has 2 nitrogen and oxygen atoms in total. The van der Waals surface area contributed by atoms with Crippen molar-refractivity contribution in [3.63, 3.8) is 0 Å². The van der Waals surface area contributed by atoms with E-state index in [0.29, 0.717) is 14.6 Å². The van der Waals surface area contributed by atoms with Gasteiger partial charge < -0.3 is 10.8 Å². The first-order valence-corrected chi connectivity index (χ1v) is 5.73. The molecule has 1 aromatic rings. The molecular weight excluding hydrogens is 310 g/mol. The molecule has 0 heterocycles. The molecule has 0 saturated carbocycles. The van der Waals surface area contributed by atoms with Crippen LogP contribution in [-0.4, -0.2) is 5.11 Å². The monoisotopic (exact) mass is 321 g/mol. The molecule has 0 saturated heterocycles. The third kappa shape index (κ3) is 3.35. The van der Waals surface area contributed by atoms with Crippen molar-refractivity contribution in [2.45, 2.75) is 13.8 Å². The Morgan fingerprint density at radius 2 is 1.64 bits per heavy atom. The second-order valence-corrected chi connectivity index (χ2v) is 4.02. The summed E-state index contributed by atoms with van der Waals surface area (Å²) in [5.41, 5.74) is 6.74. The van der Waals surface area contributed by atoms with Crippen LogP contribution in [0.3, 0.4) is 0 Å². The summed E-state index contributed by atoms with van der Waals surface area (Å²) in [6.07, 6.45) is 0. The molecule has 4 heteroatoms. The Bertz CT molecular complexity index is 314. The molecule has 0 aliphatic rings. The second-order valence-electron chi connectivity index (χ2n) is 2.31. The topological polar surface area (TPSA) is 46.2 Å². The predicted molar refractivity (Wildman–Crippen MR) is 68.1 cm³/mol. The van der Waals surface area contributed by atoms with E-state index in [0.717, 1.165) is 5.56 Å². The zero-order valence-electron chi connectivity index (χ0n) is 8.14. The maximum absolute atomic E-state index is 9.35. The van der Waals surface area contributed by atoms with Crippen molar-refractivity contribution in [3.05, 3.63) is 33.2 Å². The first-order chi connectivity index (χ1) is 6.52. The fraction of sp³-hybridized carbons (Fsp3) is 0.200. The van der Waals surface area contributed by atoms with Gasteiger partial charge in [0.2, 0.25) is 0 Å². The van der Waals surface area contributed by atoms with Crippen LogP contribution in [0.4, 0.5) is 0 Å². The lowest BCUT2D eigenvalue weighted by Gasteiger charge is -2.04. The minimum absolute atomic E-state index is 0.167. The van der Waals surface area contributed by atoms with Crippen LogP contribution in [0.1, 0.15) is 19.4 Å². The molecule has 0 radical (unpaired) electrons. The van der Waals surface area contributed by atoms with Crippen molar-refractivity contribution in [3.8, 4) is 5.75 Å². The Morgan fingerprint density at radius 1 is 1.29 bits per heavy atom. The van der Waals surface area contributed by atoms with E-state index < -0.39 is 0 Å². The van der Waals surface area contributed by atoms with Gasteiger partial charge in [-0.3, -0.25) is 0 Å². The number of hydrogen-bond donors (Lipinski definition) is 2. The number of benzene rings is 1. The van der Waals surface area contributed by atoms with E-state index >= 15 is 0 Å². The Morgan fingerprint density at radius 3 is 1.93 bits per heavy atom. The third-order valence-corrected chi connectivity index (χ3v) is 2.60. The summed E-state index contributed by atoms with van der Waals surface area (Å²) in [5.74, 6) is 0.167. The first kappa shape index (κ1) is 13.5. The molecule has 0 spiro atoms. The number of phenolic OH excluding ortho intramolecular Hbond substituents is 1. The number of phenols is 1. The van der Waals surface area contributed by atoms with Crippen molar-refractivity contribution in [1.82, 2.24) is 0 Å². The molecule has 78 valence electrons. The zero-order valence-corrected chi connectivity index (χ0v) is 11.3. The van der Waals surface area contributed by atoms with E-state index in [1.807, 2.05) is 13.8 Å². The van der Waals surface area contributed by atoms with Crippen LogP contribution in [0, 0.1) is 0 Å². The SMILES string of the molecule is C=C(N)c1cc(Br)c(O)c(Br)c1.CC. The number of rotatable bonds is 1. The van der Waals surface area contributed by atoms with E-state index in [-0.39, 0.29) is 5.75 Å². The van der Waals surface area contributed by atoms with Gasteiger partial charge in [0.15, 0.2) is 0 Å². The minimum atomic E-state index is 0.167. The van der Waals surface area contributed by atoms with Crippen molar-refractivity contribution in [2.24, 2.45) is 5.73 Å². The highest BCUT2D eigenvalue weighted by Crippen LogP contribution is 2.34. The minimum Gasteiger partial charge on any atom is -0.506 e. The molecule has 3 N–H and O–H groups in total. The zero-order chi connectivity index (χ0) is 11.3. The van der Waals surface area contributed by atoms with Gasteiger partial charge in [0.05, 0.1) is 8.95 Å². The molecule has 0 unspecified atom stereocenters. The maximum Gasteiger partial charge on any atom is 0.143 e. The standard InChI is InChI=1S/C8H7Br2NO.C2H6/c1-4(11)5-2-6(9)8(12)7(10)3-5;1-2/h2-3,12H,1,11H2;1-2H3. The van der Waals surface area contributed by atoms with Gasteiger partial charge in [0.1, 0.15) is 5.75 Å². The number of nitrogens with two attached hydrogens (primary N) is 1. The van der Waals surface area contributed by atoms with Crippen LogP contribution in [0.5, 0.6) is 5.75 Å². The second kappa shape index (κ2) is 6.09. The van der Waals surface area contributed by atoms with E-state index in [9.17, 15) is 5.11 Å². The van der Waals surface area contributed by atoms with Gasteiger partial charge in [-0.25, -0.2) is 0 Å². The number of halogens is 2. The number of aromatic hydroxyl groups is 1. The van der Waals surface area contributed by atoms with Gasteiger partial charge in [0.25, 0.3) is 0 Å². The highest BCUT2D eigenvalue weighted by molar-refractivity contribution is 9.11. The Kier molecular flexibility index (Phi) is 5.88. The molecule has 0 aliphatic carbocycles. The van der Waals surface area contributed by atoms with Crippen molar-refractivity contribution in [2.75, 3.05) is 0 Å². The van der Waals surface area contributed by atoms with Gasteiger partial charge in [-0.15, -0.1) is 0 Å². The van der Waals surface area contributed by atoms with Crippen molar-refractivity contribution >= 4 is 37.6 Å². The summed E-state index contributed by atoms with van der Waals surface area (Å²) in [5, 5.41) is 9.35. The lowest BCUT2D eigenvalue weighted by Crippen LogP contribution is -1.93. The highest BCUT2D eigenvalue weighted by Gasteiger charge is 2.05. The van der Waals surface area contributed by atoms with Crippen LogP contribution < -0.4 is 5.73 Å². The molecular formula is C10H13Br2NO. The van der Waals surface area contributed by atoms with E-state index in [4.69, 9.17) is 5.73 Å². The lowest BCUT2D eigenvalue weighted by molar-refractivity contribution is 0.468. The summed E-state index contributed by atoms with van der Waals surface area (Å²) in [6, 6.07) is 3.42. The van der Waals surface area contributed by atoms with Gasteiger partial charge in [-0.2, -0.15) is 0 Å². The van der Waals surface area contributed by atoms with Crippen molar-refractivity contribution < 1.29 is 5.11 Å². The Balaban J connectivity index is 0.000000791. The van der Waals surface area contributed by atoms with Crippen LogP contribution in [-0.2, 0) is 0 Å². The molecule has 0 amide bonds. The Hall–Kier alpha value is -0.480. The molecule has 1 aromatic carbocycles. The fourth-order valence-corrected chi connectivity index (χ4v) is 1.94.